The second kappa shape index (κ2) is 10.6. The summed E-state index contributed by atoms with van der Waals surface area (Å²) in [5, 5.41) is 3.24. The van der Waals surface area contributed by atoms with Crippen LogP contribution < -0.4 is 5.32 Å². The van der Waals surface area contributed by atoms with E-state index in [4.69, 9.17) is 11.2 Å². The van der Waals surface area contributed by atoms with E-state index in [1.165, 1.54) is 5.56 Å². The standard InChI is InChI=1S/C31H31N3O3/c1-3-22-9-7-11-24(19-22)30(36)34-17-14-31(15-18-34)26-13-6-5-12-25(26)28(33-27(35)4-2)29(31)37-21-23-10-8-16-32-20-23/h1,5-13,16,19-20,28-29H,4,14-15,17-18,21H2,2H3,(H,33,35)/t28-,29+/m0/s1. The van der Waals surface area contributed by atoms with Crippen LogP contribution >= 0.6 is 0 Å². The van der Waals surface area contributed by atoms with Crippen molar-refractivity contribution in [1.82, 2.24) is 15.2 Å². The van der Waals surface area contributed by atoms with E-state index in [1.807, 2.05) is 54.3 Å². The zero-order chi connectivity index (χ0) is 25.8. The number of rotatable bonds is 6. The molecule has 2 aromatic carbocycles. The molecule has 3 aromatic rings. The number of benzene rings is 2. The fourth-order valence-electron chi connectivity index (χ4n) is 5.80. The zero-order valence-corrected chi connectivity index (χ0v) is 21.0. The number of hydrogen-bond acceptors (Lipinski definition) is 4. The van der Waals surface area contributed by atoms with E-state index in [2.05, 4.69) is 28.4 Å². The summed E-state index contributed by atoms with van der Waals surface area (Å²) in [6.45, 7) is 3.44. The van der Waals surface area contributed by atoms with Crippen LogP contribution in [-0.4, -0.2) is 40.9 Å². The van der Waals surface area contributed by atoms with Crippen molar-refractivity contribution in [3.63, 3.8) is 0 Å². The largest absolute Gasteiger partial charge is 0.370 e. The maximum atomic E-state index is 13.3. The SMILES string of the molecule is C#Cc1cccc(C(=O)N2CCC3(CC2)c2ccccc2[C@H](NC(=O)CC)[C@H]3OCc2cccnc2)c1. The molecule has 2 heterocycles. The number of pyridine rings is 1. The summed E-state index contributed by atoms with van der Waals surface area (Å²) in [5.74, 6) is 2.59. The van der Waals surface area contributed by atoms with Gasteiger partial charge in [0.2, 0.25) is 5.91 Å². The molecule has 1 N–H and O–H groups in total. The number of nitrogens with one attached hydrogen (secondary N) is 1. The first kappa shape index (κ1) is 24.7. The van der Waals surface area contributed by atoms with Crippen LogP contribution in [0.25, 0.3) is 0 Å². The summed E-state index contributed by atoms with van der Waals surface area (Å²) in [6.07, 6.45) is 10.7. The second-order valence-electron chi connectivity index (χ2n) is 9.75. The molecule has 0 saturated carbocycles. The molecule has 1 aromatic heterocycles. The van der Waals surface area contributed by atoms with Crippen LogP contribution in [-0.2, 0) is 21.6 Å². The van der Waals surface area contributed by atoms with Crippen LogP contribution in [0.4, 0.5) is 0 Å². The third kappa shape index (κ3) is 4.75. The lowest BCUT2D eigenvalue weighted by molar-refractivity contribution is -0.123. The lowest BCUT2D eigenvalue weighted by Crippen LogP contribution is -2.52. The number of carbonyl (C=O) groups excluding carboxylic acids is 2. The lowest BCUT2D eigenvalue weighted by Gasteiger charge is -2.44. The summed E-state index contributed by atoms with van der Waals surface area (Å²) in [6, 6.07) is 19.2. The highest BCUT2D eigenvalue weighted by Crippen LogP contribution is 2.52. The van der Waals surface area contributed by atoms with Gasteiger partial charge in [0, 0.05) is 48.4 Å². The van der Waals surface area contributed by atoms with Gasteiger partial charge in [0.15, 0.2) is 0 Å². The first-order valence-corrected chi connectivity index (χ1v) is 12.8. The van der Waals surface area contributed by atoms with Gasteiger partial charge in [-0.15, -0.1) is 6.42 Å². The highest BCUT2D eigenvalue weighted by molar-refractivity contribution is 5.94. The average Bonchev–Trinajstić information content (AvgIpc) is 3.20. The number of nitrogens with zero attached hydrogens (tertiary/aromatic N) is 2. The molecule has 1 saturated heterocycles. The molecule has 1 aliphatic carbocycles. The van der Waals surface area contributed by atoms with E-state index < -0.39 is 0 Å². The molecule has 37 heavy (non-hydrogen) atoms. The van der Waals surface area contributed by atoms with Crippen LogP contribution in [0.1, 0.15) is 64.8 Å². The molecule has 1 spiro atoms. The minimum absolute atomic E-state index is 0.00663. The Bertz CT molecular complexity index is 1320. The van der Waals surface area contributed by atoms with Crippen LogP contribution in [0.2, 0.25) is 0 Å². The molecular formula is C31H31N3O3. The van der Waals surface area contributed by atoms with Gasteiger partial charge in [-0.2, -0.15) is 0 Å². The molecule has 2 atom stereocenters. The quantitative estimate of drug-likeness (QED) is 0.517. The molecular weight excluding hydrogens is 462 g/mol. The normalized spacial score (nSPS) is 19.7. The van der Waals surface area contributed by atoms with Crippen LogP contribution in [0.3, 0.4) is 0 Å². The van der Waals surface area contributed by atoms with E-state index in [-0.39, 0.29) is 29.4 Å². The Kier molecular flexibility index (Phi) is 7.07. The number of aromatic nitrogens is 1. The van der Waals surface area contributed by atoms with Gasteiger partial charge in [-0.25, -0.2) is 0 Å². The van der Waals surface area contributed by atoms with Crippen LogP contribution in [0.15, 0.2) is 73.1 Å². The number of piperidine rings is 1. The highest BCUT2D eigenvalue weighted by atomic mass is 16.5. The molecule has 6 nitrogen and oxygen atoms in total. The summed E-state index contributed by atoms with van der Waals surface area (Å²) in [4.78, 5) is 32.0. The Hall–Kier alpha value is -3.95. The highest BCUT2D eigenvalue weighted by Gasteiger charge is 2.54. The van der Waals surface area contributed by atoms with Crippen molar-refractivity contribution in [3.8, 4) is 12.3 Å². The summed E-state index contributed by atoms with van der Waals surface area (Å²) in [7, 11) is 0. The number of carbonyl (C=O) groups is 2. The first-order chi connectivity index (χ1) is 18.1. The number of terminal acetylenes is 1. The Labute approximate surface area is 218 Å². The molecule has 188 valence electrons. The van der Waals surface area contributed by atoms with E-state index >= 15 is 0 Å². The van der Waals surface area contributed by atoms with Gasteiger partial charge in [-0.05, 0) is 53.8 Å². The number of fused-ring (bicyclic) bond motifs is 2. The minimum atomic E-state index is -0.318. The fourth-order valence-corrected chi connectivity index (χ4v) is 5.80. The predicted molar refractivity (Wildman–Crippen MR) is 142 cm³/mol. The van der Waals surface area contributed by atoms with Gasteiger partial charge in [-0.1, -0.05) is 49.2 Å². The van der Waals surface area contributed by atoms with E-state index in [9.17, 15) is 9.59 Å². The van der Waals surface area contributed by atoms with Gasteiger partial charge < -0.3 is 15.0 Å². The topological polar surface area (TPSA) is 71.5 Å². The third-order valence-electron chi connectivity index (χ3n) is 7.69. The summed E-state index contributed by atoms with van der Waals surface area (Å²) >= 11 is 0. The van der Waals surface area contributed by atoms with Gasteiger partial charge in [0.25, 0.3) is 5.91 Å². The van der Waals surface area contributed by atoms with Crippen molar-refractivity contribution in [2.24, 2.45) is 0 Å². The maximum absolute atomic E-state index is 13.3. The minimum Gasteiger partial charge on any atom is -0.370 e. The van der Waals surface area contributed by atoms with Crippen molar-refractivity contribution in [2.75, 3.05) is 13.1 Å². The molecule has 0 unspecified atom stereocenters. The van der Waals surface area contributed by atoms with Crippen molar-refractivity contribution in [2.45, 2.75) is 50.4 Å². The molecule has 0 bridgehead atoms. The summed E-state index contributed by atoms with van der Waals surface area (Å²) < 4.78 is 6.65. The average molecular weight is 494 g/mol. The van der Waals surface area contributed by atoms with Gasteiger partial charge in [0.05, 0.1) is 18.8 Å². The monoisotopic (exact) mass is 493 g/mol. The van der Waals surface area contributed by atoms with Gasteiger partial charge >= 0.3 is 0 Å². The van der Waals surface area contributed by atoms with Crippen molar-refractivity contribution in [1.29, 1.82) is 0 Å². The van der Waals surface area contributed by atoms with Gasteiger partial charge in [-0.3, -0.25) is 14.6 Å². The van der Waals surface area contributed by atoms with Crippen molar-refractivity contribution in [3.05, 3.63) is 101 Å². The Balaban J connectivity index is 1.44. The molecule has 6 heteroatoms. The molecule has 2 amide bonds. The molecule has 0 radical (unpaired) electrons. The smallest absolute Gasteiger partial charge is 0.253 e. The van der Waals surface area contributed by atoms with Crippen molar-refractivity contribution >= 4 is 11.8 Å². The molecule has 1 fully saturated rings. The molecule has 5 rings (SSSR count). The zero-order valence-electron chi connectivity index (χ0n) is 21.0. The Morgan fingerprint density at radius 1 is 1.14 bits per heavy atom. The number of amides is 2. The maximum Gasteiger partial charge on any atom is 0.253 e. The Morgan fingerprint density at radius 3 is 2.68 bits per heavy atom. The number of likely N-dealkylation sites (tertiary alicyclic amines) is 1. The van der Waals surface area contributed by atoms with Crippen LogP contribution in [0.5, 0.6) is 0 Å². The van der Waals surface area contributed by atoms with E-state index in [1.54, 1.807) is 18.5 Å². The Morgan fingerprint density at radius 2 is 1.95 bits per heavy atom. The third-order valence-corrected chi connectivity index (χ3v) is 7.69. The molecule has 2 aliphatic rings. The van der Waals surface area contributed by atoms with Gasteiger partial charge in [0.1, 0.15) is 0 Å². The second-order valence-corrected chi connectivity index (χ2v) is 9.75. The number of hydrogen-bond donors (Lipinski definition) is 1. The first-order valence-electron chi connectivity index (χ1n) is 12.8. The van der Waals surface area contributed by atoms with Crippen molar-refractivity contribution < 1.29 is 14.3 Å². The molecule has 1 aliphatic heterocycles. The van der Waals surface area contributed by atoms with E-state index in [0.717, 1.165) is 24.0 Å². The van der Waals surface area contributed by atoms with E-state index in [0.29, 0.717) is 37.2 Å². The lowest BCUT2D eigenvalue weighted by atomic mass is 9.71. The summed E-state index contributed by atoms with van der Waals surface area (Å²) in [5.41, 5.74) is 4.27. The van der Waals surface area contributed by atoms with Crippen LogP contribution in [0, 0.1) is 12.3 Å². The fraction of sp³-hybridized carbons (Fsp3) is 0.323. The predicted octanol–water partition coefficient (Wildman–Crippen LogP) is 4.40. The number of ether oxygens (including phenoxy) is 1.